The van der Waals surface area contributed by atoms with Crippen molar-refractivity contribution in [3.8, 4) is 0 Å². The van der Waals surface area contributed by atoms with Crippen molar-refractivity contribution in [1.29, 1.82) is 0 Å². The second kappa shape index (κ2) is 8.93. The molecule has 0 radical (unpaired) electrons. The number of nitrogens with one attached hydrogen (secondary N) is 1. The van der Waals surface area contributed by atoms with E-state index < -0.39 is 14.9 Å². The van der Waals surface area contributed by atoms with Gasteiger partial charge in [-0.25, -0.2) is 13.8 Å². The molecule has 1 N–H and O–H groups in total. The van der Waals surface area contributed by atoms with Crippen molar-refractivity contribution in [1.82, 2.24) is 9.73 Å². The Hall–Kier alpha value is -3.11. The average Bonchev–Trinajstić information content (AvgIpc) is 2.74. The molecule has 0 aliphatic carbocycles. The number of hydrazone groups is 1. The molecule has 1 heterocycles. The summed E-state index contributed by atoms with van der Waals surface area (Å²) >= 11 is 0. The number of para-hydroxylation sites is 1. The van der Waals surface area contributed by atoms with Gasteiger partial charge in [0.15, 0.2) is 0 Å². The summed E-state index contributed by atoms with van der Waals surface area (Å²) < 4.78 is 26.6. The van der Waals surface area contributed by atoms with Crippen LogP contribution in [0.25, 0.3) is 0 Å². The van der Waals surface area contributed by atoms with Gasteiger partial charge in [-0.2, -0.15) is 9.41 Å². The van der Waals surface area contributed by atoms with Crippen LogP contribution in [-0.2, 0) is 14.8 Å². The molecule has 0 aromatic heterocycles. The number of hydrogen-bond acceptors (Lipinski definition) is 6. The van der Waals surface area contributed by atoms with E-state index >= 15 is 0 Å². The first-order valence-electron chi connectivity index (χ1n) is 9.01. The summed E-state index contributed by atoms with van der Waals surface area (Å²) in [6.07, 6.45) is 1.98. The molecule has 10 heteroatoms. The fourth-order valence-corrected chi connectivity index (χ4v) is 4.61. The number of carbonyl (C=O) groups is 1. The molecule has 1 aliphatic heterocycles. The Kier molecular flexibility index (Phi) is 6.35. The highest BCUT2D eigenvalue weighted by Gasteiger charge is 2.31. The summed E-state index contributed by atoms with van der Waals surface area (Å²) in [5.74, 6) is -0.711. The lowest BCUT2D eigenvalue weighted by Crippen LogP contribution is -2.42. The summed E-state index contributed by atoms with van der Waals surface area (Å²) in [6.45, 7) is 0.479. The normalized spacial score (nSPS) is 16.0. The lowest BCUT2D eigenvalue weighted by atomic mass is 9.98. The third-order valence-corrected chi connectivity index (χ3v) is 6.63. The molecule has 29 heavy (non-hydrogen) atoms. The molecule has 0 unspecified atom stereocenters. The van der Waals surface area contributed by atoms with Crippen molar-refractivity contribution in [3.05, 3.63) is 70.3 Å². The number of nitro groups is 1. The molecule has 2 aromatic rings. The summed E-state index contributed by atoms with van der Waals surface area (Å²) in [7, 11) is -3.57. The number of amides is 1. The van der Waals surface area contributed by atoms with Gasteiger partial charge in [0.25, 0.3) is 5.69 Å². The molecule has 0 atom stereocenters. The number of piperidine rings is 1. The summed E-state index contributed by atoms with van der Waals surface area (Å²) in [4.78, 5) is 23.0. The van der Waals surface area contributed by atoms with Gasteiger partial charge in [-0.15, -0.1) is 0 Å². The molecule has 3 rings (SSSR count). The predicted molar refractivity (Wildman–Crippen MR) is 107 cm³/mol. The van der Waals surface area contributed by atoms with Crippen LogP contribution in [0.4, 0.5) is 5.69 Å². The van der Waals surface area contributed by atoms with Crippen molar-refractivity contribution in [2.24, 2.45) is 11.0 Å². The molecule has 1 aliphatic rings. The quantitative estimate of drug-likeness (QED) is 0.439. The van der Waals surface area contributed by atoms with Crippen LogP contribution in [0.2, 0.25) is 0 Å². The van der Waals surface area contributed by atoms with E-state index in [1.807, 2.05) is 0 Å². The van der Waals surface area contributed by atoms with E-state index in [1.54, 1.807) is 42.5 Å². The summed E-state index contributed by atoms with van der Waals surface area (Å²) in [6, 6.07) is 14.2. The zero-order valence-electron chi connectivity index (χ0n) is 15.5. The number of rotatable bonds is 6. The highest BCUT2D eigenvalue weighted by Crippen LogP contribution is 2.24. The molecule has 152 valence electrons. The molecule has 2 aromatic carbocycles. The minimum atomic E-state index is -3.57. The van der Waals surface area contributed by atoms with E-state index in [0.29, 0.717) is 12.8 Å². The van der Waals surface area contributed by atoms with Crippen LogP contribution in [0, 0.1) is 16.0 Å². The molecule has 0 saturated carbocycles. The topological polar surface area (TPSA) is 122 Å². The minimum Gasteiger partial charge on any atom is -0.273 e. The Labute approximate surface area is 168 Å². The van der Waals surface area contributed by atoms with Gasteiger partial charge < -0.3 is 0 Å². The number of nitrogens with zero attached hydrogens (tertiary/aromatic N) is 3. The first kappa shape index (κ1) is 20.6. The lowest BCUT2D eigenvalue weighted by Gasteiger charge is -2.30. The van der Waals surface area contributed by atoms with Gasteiger partial charge in [-0.3, -0.25) is 14.9 Å². The minimum absolute atomic E-state index is 0.107. The lowest BCUT2D eigenvalue weighted by molar-refractivity contribution is -0.385. The Morgan fingerprint density at radius 2 is 1.72 bits per heavy atom. The predicted octanol–water partition coefficient (Wildman–Crippen LogP) is 2.15. The second-order valence-corrected chi connectivity index (χ2v) is 8.48. The third-order valence-electron chi connectivity index (χ3n) is 4.72. The van der Waals surface area contributed by atoms with Crippen LogP contribution in [0.3, 0.4) is 0 Å². The van der Waals surface area contributed by atoms with E-state index in [-0.39, 0.29) is 41.1 Å². The summed E-state index contributed by atoms with van der Waals surface area (Å²) in [5.41, 5.74) is 2.56. The number of hydrogen-bond donors (Lipinski definition) is 1. The van der Waals surface area contributed by atoms with E-state index in [1.165, 1.54) is 22.7 Å². The largest absolute Gasteiger partial charge is 0.278 e. The van der Waals surface area contributed by atoms with Crippen molar-refractivity contribution >= 4 is 27.8 Å². The van der Waals surface area contributed by atoms with Crippen molar-refractivity contribution in [3.63, 3.8) is 0 Å². The molecular formula is C19H20N4O5S. The van der Waals surface area contributed by atoms with Crippen LogP contribution < -0.4 is 5.43 Å². The Morgan fingerprint density at radius 1 is 1.10 bits per heavy atom. The maximum absolute atomic E-state index is 12.6. The fourth-order valence-electron chi connectivity index (χ4n) is 3.12. The van der Waals surface area contributed by atoms with Crippen LogP contribution in [0.15, 0.2) is 64.6 Å². The van der Waals surface area contributed by atoms with Crippen LogP contribution in [0.1, 0.15) is 18.4 Å². The maximum Gasteiger partial charge on any atom is 0.278 e. The maximum atomic E-state index is 12.6. The Balaban J connectivity index is 1.56. The zero-order chi connectivity index (χ0) is 20.9. The van der Waals surface area contributed by atoms with Crippen LogP contribution in [0.5, 0.6) is 0 Å². The van der Waals surface area contributed by atoms with E-state index in [2.05, 4.69) is 10.5 Å². The molecule has 1 amide bonds. The third kappa shape index (κ3) is 4.84. The van der Waals surface area contributed by atoms with Crippen molar-refractivity contribution in [2.75, 3.05) is 13.1 Å². The van der Waals surface area contributed by atoms with Gasteiger partial charge in [0, 0.05) is 25.1 Å². The van der Waals surface area contributed by atoms with Gasteiger partial charge in [-0.1, -0.05) is 30.3 Å². The number of sulfonamides is 1. The fraction of sp³-hybridized carbons (Fsp3) is 0.263. The number of nitro benzene ring substituents is 1. The Bertz CT molecular complexity index is 1020. The molecular weight excluding hydrogens is 396 g/mol. The SMILES string of the molecule is O=C(N/N=C\c1ccccc1[N+](=O)[O-])C1CCN(S(=O)(=O)c2ccccc2)CC1. The zero-order valence-corrected chi connectivity index (χ0v) is 16.3. The van der Waals surface area contributed by atoms with E-state index in [0.717, 1.165) is 0 Å². The second-order valence-electron chi connectivity index (χ2n) is 6.54. The first-order valence-corrected chi connectivity index (χ1v) is 10.4. The van der Waals surface area contributed by atoms with Crippen molar-refractivity contribution in [2.45, 2.75) is 17.7 Å². The van der Waals surface area contributed by atoms with Gasteiger partial charge in [0.1, 0.15) is 0 Å². The monoisotopic (exact) mass is 416 g/mol. The van der Waals surface area contributed by atoms with E-state index in [9.17, 15) is 23.3 Å². The standard InChI is InChI=1S/C19H20N4O5S/c24-19(21-20-14-16-6-4-5-9-18(16)23(25)26)15-10-12-22(13-11-15)29(27,28)17-7-2-1-3-8-17/h1-9,14-15H,10-13H2,(H,21,24)/b20-14-. The van der Waals surface area contributed by atoms with Gasteiger partial charge >= 0.3 is 0 Å². The smallest absolute Gasteiger partial charge is 0.273 e. The van der Waals surface area contributed by atoms with Crippen LogP contribution >= 0.6 is 0 Å². The van der Waals surface area contributed by atoms with Gasteiger partial charge in [0.05, 0.1) is 21.6 Å². The van der Waals surface area contributed by atoms with Gasteiger partial charge in [0.2, 0.25) is 15.9 Å². The number of benzene rings is 2. The molecule has 1 fully saturated rings. The highest BCUT2D eigenvalue weighted by molar-refractivity contribution is 7.89. The molecule has 1 saturated heterocycles. The highest BCUT2D eigenvalue weighted by atomic mass is 32.2. The Morgan fingerprint density at radius 3 is 2.38 bits per heavy atom. The van der Waals surface area contributed by atoms with E-state index in [4.69, 9.17) is 0 Å². The summed E-state index contributed by atoms with van der Waals surface area (Å²) in [5, 5.41) is 14.8. The molecule has 0 spiro atoms. The van der Waals surface area contributed by atoms with Crippen molar-refractivity contribution < 1.29 is 18.1 Å². The molecule has 0 bridgehead atoms. The number of carbonyl (C=O) groups excluding carboxylic acids is 1. The average molecular weight is 416 g/mol. The first-order chi connectivity index (χ1) is 13.9. The molecule has 9 nitrogen and oxygen atoms in total. The van der Waals surface area contributed by atoms with Gasteiger partial charge in [-0.05, 0) is 31.0 Å². The van der Waals surface area contributed by atoms with Crippen LogP contribution in [-0.4, -0.2) is 42.9 Å².